The number of likely N-dealkylation sites (N-methyl/N-ethyl adjacent to an activating group) is 1. The van der Waals surface area contributed by atoms with Crippen LogP contribution in [0.25, 0.3) is 5.65 Å². The van der Waals surface area contributed by atoms with E-state index in [2.05, 4.69) is 15.1 Å². The van der Waals surface area contributed by atoms with E-state index in [1.165, 1.54) is 50.0 Å². The molecule has 0 atom stereocenters. The van der Waals surface area contributed by atoms with Crippen LogP contribution in [0.15, 0.2) is 36.5 Å². The summed E-state index contributed by atoms with van der Waals surface area (Å²) >= 11 is 0. The van der Waals surface area contributed by atoms with Gasteiger partial charge in [0.05, 0.1) is 12.7 Å². The van der Waals surface area contributed by atoms with Crippen molar-refractivity contribution in [2.75, 3.05) is 47.4 Å². The van der Waals surface area contributed by atoms with Gasteiger partial charge in [-0.3, -0.25) is 23.7 Å². The van der Waals surface area contributed by atoms with Crippen LogP contribution in [0, 0.1) is 5.82 Å². The standard InChI is InChI=1S/C24H27FN6O4/c1-28(2)24(34)21(32)22-27-26-20-13-19(35-3)18(15-31(20)22)23(33)30-10-4-9-29(11-12-30)14-16-5-7-17(25)8-6-16/h5-8,13,15H,4,9-12,14H2,1-3H3. The Kier molecular flexibility index (Phi) is 7.06. The van der Waals surface area contributed by atoms with E-state index < -0.39 is 11.7 Å². The average Bonchev–Trinajstić information content (AvgIpc) is 3.13. The van der Waals surface area contributed by atoms with Crippen LogP contribution in [0.5, 0.6) is 5.75 Å². The normalized spacial score (nSPS) is 14.6. The van der Waals surface area contributed by atoms with E-state index in [0.717, 1.165) is 23.4 Å². The molecule has 11 heteroatoms. The maximum atomic E-state index is 13.5. The van der Waals surface area contributed by atoms with E-state index >= 15 is 0 Å². The zero-order valence-corrected chi connectivity index (χ0v) is 19.9. The Hall–Kier alpha value is -3.86. The first-order valence-electron chi connectivity index (χ1n) is 11.2. The molecule has 4 rings (SSSR count). The van der Waals surface area contributed by atoms with Crippen molar-refractivity contribution in [3.05, 3.63) is 59.3 Å². The van der Waals surface area contributed by atoms with Crippen molar-refractivity contribution in [2.45, 2.75) is 13.0 Å². The molecule has 0 bridgehead atoms. The van der Waals surface area contributed by atoms with E-state index in [9.17, 15) is 18.8 Å². The Labute approximate surface area is 201 Å². The molecule has 0 N–H and O–H groups in total. The van der Waals surface area contributed by atoms with Gasteiger partial charge in [-0.25, -0.2) is 4.39 Å². The number of pyridine rings is 1. The number of nitrogens with zero attached hydrogens (tertiary/aromatic N) is 6. The van der Waals surface area contributed by atoms with Gasteiger partial charge in [0.15, 0.2) is 5.65 Å². The highest BCUT2D eigenvalue weighted by Crippen LogP contribution is 2.24. The molecule has 2 aromatic heterocycles. The summed E-state index contributed by atoms with van der Waals surface area (Å²) in [6.07, 6.45) is 2.22. The van der Waals surface area contributed by atoms with Crippen LogP contribution < -0.4 is 4.74 Å². The highest BCUT2D eigenvalue weighted by molar-refractivity contribution is 6.41. The molecule has 1 saturated heterocycles. The van der Waals surface area contributed by atoms with Crippen LogP contribution in [0.3, 0.4) is 0 Å². The Morgan fingerprint density at radius 3 is 2.49 bits per heavy atom. The number of hydrogen-bond donors (Lipinski definition) is 0. The number of carbonyl (C=O) groups excluding carboxylic acids is 3. The number of ketones is 1. The van der Waals surface area contributed by atoms with Gasteiger partial charge in [0.1, 0.15) is 11.6 Å². The third-order valence-corrected chi connectivity index (χ3v) is 5.96. The largest absolute Gasteiger partial charge is 0.496 e. The molecule has 35 heavy (non-hydrogen) atoms. The second-order valence-electron chi connectivity index (χ2n) is 8.58. The molecule has 10 nitrogen and oxygen atoms in total. The van der Waals surface area contributed by atoms with E-state index in [1.807, 2.05) is 0 Å². The molecule has 0 spiro atoms. The van der Waals surface area contributed by atoms with Crippen LogP contribution in [-0.2, 0) is 11.3 Å². The summed E-state index contributed by atoms with van der Waals surface area (Å²) in [4.78, 5) is 43.4. The van der Waals surface area contributed by atoms with E-state index in [-0.39, 0.29) is 28.8 Å². The summed E-state index contributed by atoms with van der Waals surface area (Å²) in [6, 6.07) is 7.95. The van der Waals surface area contributed by atoms with Crippen molar-refractivity contribution in [2.24, 2.45) is 0 Å². The highest BCUT2D eigenvalue weighted by atomic mass is 19.1. The molecule has 1 aliphatic rings. The molecule has 0 aliphatic carbocycles. The number of carbonyl (C=O) groups is 3. The maximum absolute atomic E-state index is 13.5. The Balaban J connectivity index is 1.55. The third-order valence-electron chi connectivity index (χ3n) is 5.96. The topological polar surface area (TPSA) is 100 Å². The summed E-state index contributed by atoms with van der Waals surface area (Å²) in [6.45, 7) is 3.17. The van der Waals surface area contributed by atoms with Gasteiger partial charge in [0.2, 0.25) is 5.82 Å². The molecule has 1 fully saturated rings. The smallest absolute Gasteiger partial charge is 0.297 e. The van der Waals surface area contributed by atoms with Crippen LogP contribution in [0.1, 0.15) is 33.0 Å². The molecule has 184 valence electrons. The molecule has 1 aliphatic heterocycles. The second kappa shape index (κ2) is 10.2. The molecule has 3 aromatic rings. The lowest BCUT2D eigenvalue weighted by atomic mass is 10.2. The Bertz CT molecular complexity index is 1260. The van der Waals surface area contributed by atoms with Gasteiger partial charge < -0.3 is 14.5 Å². The van der Waals surface area contributed by atoms with E-state index in [0.29, 0.717) is 31.9 Å². The fraction of sp³-hybridized carbons (Fsp3) is 0.375. The fourth-order valence-electron chi connectivity index (χ4n) is 4.05. The van der Waals surface area contributed by atoms with Crippen LogP contribution in [0.2, 0.25) is 0 Å². The summed E-state index contributed by atoms with van der Waals surface area (Å²) in [5, 5.41) is 7.82. The van der Waals surface area contributed by atoms with Gasteiger partial charge in [-0.15, -0.1) is 10.2 Å². The zero-order chi connectivity index (χ0) is 25.1. The van der Waals surface area contributed by atoms with Gasteiger partial charge in [-0.1, -0.05) is 12.1 Å². The van der Waals surface area contributed by atoms with Crippen molar-refractivity contribution < 1.29 is 23.5 Å². The number of Topliss-reactive ketones (excluding diaryl/α,β-unsaturated/α-hetero) is 1. The number of aromatic nitrogens is 3. The number of methoxy groups -OCH3 is 1. The van der Waals surface area contributed by atoms with Crippen molar-refractivity contribution in [3.8, 4) is 5.75 Å². The summed E-state index contributed by atoms with van der Waals surface area (Å²) in [5.74, 6) is -1.94. The molecule has 2 amide bonds. The highest BCUT2D eigenvalue weighted by Gasteiger charge is 2.28. The van der Waals surface area contributed by atoms with Crippen LogP contribution >= 0.6 is 0 Å². The SMILES string of the molecule is COc1cc2nnc(C(=O)C(=O)N(C)C)n2cc1C(=O)N1CCCN(Cc2ccc(F)cc2)CC1. The number of halogens is 1. The number of ether oxygens (including phenoxy) is 1. The van der Waals surface area contributed by atoms with E-state index in [1.54, 1.807) is 17.0 Å². The lowest BCUT2D eigenvalue weighted by Crippen LogP contribution is -2.35. The second-order valence-corrected chi connectivity index (χ2v) is 8.58. The number of fused-ring (bicyclic) bond motifs is 1. The minimum atomic E-state index is -0.822. The minimum Gasteiger partial charge on any atom is -0.496 e. The molecular weight excluding hydrogens is 455 g/mol. The van der Waals surface area contributed by atoms with Gasteiger partial charge in [-0.05, 0) is 24.1 Å². The van der Waals surface area contributed by atoms with Crippen LogP contribution in [-0.4, -0.2) is 94.3 Å². The predicted octanol–water partition coefficient (Wildman–Crippen LogP) is 1.50. The van der Waals surface area contributed by atoms with Crippen LogP contribution in [0.4, 0.5) is 4.39 Å². The molecule has 3 heterocycles. The fourth-order valence-corrected chi connectivity index (χ4v) is 4.05. The molecule has 1 aromatic carbocycles. The summed E-state index contributed by atoms with van der Waals surface area (Å²) in [5.41, 5.74) is 1.54. The Morgan fingerprint density at radius 2 is 1.80 bits per heavy atom. The van der Waals surface area contributed by atoms with Crippen molar-refractivity contribution in [1.82, 2.24) is 29.3 Å². The monoisotopic (exact) mass is 482 g/mol. The first-order chi connectivity index (χ1) is 16.8. The van der Waals surface area contributed by atoms with Crippen molar-refractivity contribution in [3.63, 3.8) is 0 Å². The zero-order valence-electron chi connectivity index (χ0n) is 19.9. The predicted molar refractivity (Wildman–Crippen MR) is 125 cm³/mol. The number of rotatable bonds is 6. The minimum absolute atomic E-state index is 0.170. The number of benzene rings is 1. The molecule has 0 radical (unpaired) electrons. The first-order valence-corrected chi connectivity index (χ1v) is 11.2. The first kappa shape index (κ1) is 24.3. The number of hydrogen-bond acceptors (Lipinski definition) is 7. The van der Waals surface area contributed by atoms with Crippen molar-refractivity contribution >= 4 is 23.2 Å². The van der Waals surface area contributed by atoms with Gasteiger partial charge >= 0.3 is 0 Å². The Morgan fingerprint density at radius 1 is 1.06 bits per heavy atom. The summed E-state index contributed by atoms with van der Waals surface area (Å²) in [7, 11) is 4.40. The third kappa shape index (κ3) is 5.14. The van der Waals surface area contributed by atoms with E-state index in [4.69, 9.17) is 4.74 Å². The summed E-state index contributed by atoms with van der Waals surface area (Å²) < 4.78 is 20.0. The quantitative estimate of drug-likeness (QED) is 0.388. The van der Waals surface area contributed by atoms with Gasteiger partial charge in [0, 0.05) is 59.1 Å². The van der Waals surface area contributed by atoms with Gasteiger partial charge in [0.25, 0.3) is 17.6 Å². The van der Waals surface area contributed by atoms with Crippen molar-refractivity contribution in [1.29, 1.82) is 0 Å². The average molecular weight is 483 g/mol. The van der Waals surface area contributed by atoms with Gasteiger partial charge in [-0.2, -0.15) is 0 Å². The number of amides is 2. The molecular formula is C24H27FN6O4. The molecule has 0 unspecified atom stereocenters. The lowest BCUT2D eigenvalue weighted by Gasteiger charge is -2.23. The molecule has 0 saturated carbocycles. The lowest BCUT2D eigenvalue weighted by molar-refractivity contribution is -0.124. The maximum Gasteiger partial charge on any atom is 0.297 e.